The van der Waals surface area contributed by atoms with Gasteiger partial charge in [0.15, 0.2) is 0 Å². The van der Waals surface area contributed by atoms with Crippen molar-refractivity contribution in [3.8, 4) is 0 Å². The molecule has 2 aromatic carbocycles. The van der Waals surface area contributed by atoms with Crippen LogP contribution in [0.1, 0.15) is 36.2 Å². The van der Waals surface area contributed by atoms with Crippen LogP contribution in [0.15, 0.2) is 59.0 Å². The number of carboxylic acids is 1. The second kappa shape index (κ2) is 12.3. The number of aromatic carboxylic acids is 1. The zero-order valence-corrected chi connectivity index (χ0v) is 24.2. The minimum Gasteiger partial charge on any atom is -0.478 e. The number of nitro benzene ring substituents is 1. The van der Waals surface area contributed by atoms with Gasteiger partial charge in [-0.3, -0.25) is 19.7 Å². The summed E-state index contributed by atoms with van der Waals surface area (Å²) in [6.07, 6.45) is -0.432. The number of aliphatic hydroxyl groups excluding tert-OH is 1. The minimum absolute atomic E-state index is 0.0560. The van der Waals surface area contributed by atoms with E-state index >= 15 is 0 Å². The Bertz CT molecular complexity index is 1510. The molecule has 1 aliphatic heterocycles. The number of allylic oxidation sites excluding steroid dienone is 1. The lowest BCUT2D eigenvalue weighted by Gasteiger charge is -2.43. The van der Waals surface area contributed by atoms with Crippen molar-refractivity contribution < 1.29 is 39.1 Å². The Hall–Kier alpha value is -4.07. The molecule has 7 atom stereocenters. The first-order valence-corrected chi connectivity index (χ1v) is 14.7. The molecule has 43 heavy (non-hydrogen) atoms. The monoisotopic (exact) mass is 609 g/mol. The van der Waals surface area contributed by atoms with Crippen LogP contribution < -0.4 is 10.6 Å². The third kappa shape index (κ3) is 6.05. The molecule has 1 unspecified atom stereocenters. The number of anilines is 1. The fourth-order valence-corrected chi connectivity index (χ4v) is 7.75. The molecule has 3 aliphatic rings. The number of fused-ring (bicyclic) bond motifs is 1. The summed E-state index contributed by atoms with van der Waals surface area (Å²) in [5.74, 6) is -3.96. The zero-order chi connectivity index (χ0) is 31.0. The predicted octanol–water partition coefficient (Wildman–Crippen LogP) is 3.15. The van der Waals surface area contributed by atoms with Crippen molar-refractivity contribution in [2.45, 2.75) is 44.3 Å². The molecule has 2 fully saturated rings. The molecule has 13 heteroatoms. The van der Waals surface area contributed by atoms with Crippen molar-refractivity contribution in [1.82, 2.24) is 5.32 Å². The van der Waals surface area contributed by atoms with Crippen LogP contribution in [-0.2, 0) is 25.7 Å². The molecule has 2 aliphatic carbocycles. The Morgan fingerprint density at radius 3 is 2.58 bits per heavy atom. The van der Waals surface area contributed by atoms with Gasteiger partial charge >= 0.3 is 11.9 Å². The van der Waals surface area contributed by atoms with Gasteiger partial charge in [-0.05, 0) is 66.0 Å². The number of nitrogens with zero attached hydrogens (tertiary/aromatic N) is 1. The number of aliphatic hydroxyl groups is 1. The van der Waals surface area contributed by atoms with Crippen LogP contribution in [0.5, 0.6) is 0 Å². The number of carbonyl (C=O) groups excluding carboxylic acids is 3. The molecule has 0 aromatic heterocycles. The van der Waals surface area contributed by atoms with Gasteiger partial charge in [-0.15, -0.1) is 11.8 Å². The normalized spacial score (nSPS) is 26.8. The van der Waals surface area contributed by atoms with E-state index in [0.29, 0.717) is 29.1 Å². The zero-order valence-electron chi connectivity index (χ0n) is 23.4. The number of esters is 1. The number of nitrogens with one attached hydrogen (secondary N) is 2. The number of nitro groups is 1. The van der Waals surface area contributed by atoms with Crippen LogP contribution in [0.4, 0.5) is 11.4 Å². The second-order valence-corrected chi connectivity index (χ2v) is 12.4. The lowest BCUT2D eigenvalue weighted by atomic mass is 9.59. The van der Waals surface area contributed by atoms with Gasteiger partial charge in [-0.1, -0.05) is 13.0 Å². The molecule has 4 N–H and O–H groups in total. The number of hydrogen-bond acceptors (Lipinski definition) is 10. The SMILES string of the molecule is C[C@@H](O)[C@H]1C(=O)C2C(C(=O)OCc3ccc([N+](=O)[O-])cc3)=C(S[C@@H]3CN[C@H](C(=O)Nc4cccc(C(=O)O)c4)C3)[C@H](C)[C@@H]21. The van der Waals surface area contributed by atoms with Crippen molar-refractivity contribution in [2.24, 2.45) is 23.7 Å². The number of carboxylic acid groups (broad SMARTS) is 1. The van der Waals surface area contributed by atoms with Gasteiger partial charge in [-0.25, -0.2) is 9.59 Å². The van der Waals surface area contributed by atoms with Crippen LogP contribution >= 0.6 is 11.8 Å². The number of rotatable bonds is 10. The minimum atomic E-state index is -1.10. The number of amides is 1. The van der Waals surface area contributed by atoms with Crippen molar-refractivity contribution in [1.29, 1.82) is 0 Å². The molecule has 0 radical (unpaired) electrons. The summed E-state index contributed by atoms with van der Waals surface area (Å²) in [6, 6.07) is 11.1. The number of hydrogen-bond donors (Lipinski definition) is 4. The molecule has 0 bridgehead atoms. The largest absolute Gasteiger partial charge is 0.478 e. The topological polar surface area (TPSA) is 185 Å². The van der Waals surface area contributed by atoms with Crippen LogP contribution in [-0.4, -0.2) is 62.7 Å². The second-order valence-electron chi connectivity index (χ2n) is 11.1. The first kappa shape index (κ1) is 30.4. The molecule has 1 heterocycles. The molecular weight excluding hydrogens is 578 g/mol. The average molecular weight is 610 g/mol. The van der Waals surface area contributed by atoms with Crippen LogP contribution in [0.25, 0.3) is 0 Å². The van der Waals surface area contributed by atoms with E-state index in [1.165, 1.54) is 48.2 Å². The molecular formula is C30H31N3O9S. The van der Waals surface area contributed by atoms with E-state index in [-0.39, 0.29) is 52.2 Å². The standard InChI is InChI=1S/C30H31N3O9S/c1-14-22-23(15(2)34)26(35)24(22)25(30(39)42-13-16-6-8-19(9-7-16)33(40)41)27(14)43-20-11-21(31-12-20)28(36)32-18-5-3-4-17(10-18)29(37)38/h3-10,14-15,20-24,31,34H,11-13H2,1-2H3,(H,32,36)(H,37,38)/t14-,15-,20+,21+,22-,23-,24?/m1/s1. The molecule has 5 rings (SSSR count). The Morgan fingerprint density at radius 2 is 1.93 bits per heavy atom. The third-order valence-electron chi connectivity index (χ3n) is 8.34. The van der Waals surface area contributed by atoms with Gasteiger partial charge in [0.05, 0.1) is 34.1 Å². The third-order valence-corrected chi connectivity index (χ3v) is 9.87. The maximum absolute atomic E-state index is 13.4. The smallest absolute Gasteiger partial charge is 0.335 e. The number of Topliss-reactive ketones (excluding diaryl/α,β-unsaturated/α-hetero) is 1. The summed E-state index contributed by atoms with van der Waals surface area (Å²) in [7, 11) is 0. The van der Waals surface area contributed by atoms with Crippen molar-refractivity contribution >= 4 is 46.8 Å². The van der Waals surface area contributed by atoms with E-state index in [4.69, 9.17) is 4.74 Å². The molecule has 226 valence electrons. The highest BCUT2D eigenvalue weighted by atomic mass is 32.2. The first-order chi connectivity index (χ1) is 20.5. The van der Waals surface area contributed by atoms with E-state index in [1.54, 1.807) is 19.1 Å². The highest BCUT2D eigenvalue weighted by Crippen LogP contribution is 2.59. The maximum Gasteiger partial charge on any atom is 0.335 e. The summed E-state index contributed by atoms with van der Waals surface area (Å²) in [5.41, 5.74) is 1.18. The van der Waals surface area contributed by atoms with E-state index in [2.05, 4.69) is 10.6 Å². The Balaban J connectivity index is 1.29. The molecule has 12 nitrogen and oxygen atoms in total. The van der Waals surface area contributed by atoms with Gasteiger partial charge in [0.2, 0.25) is 5.91 Å². The number of carbonyl (C=O) groups is 4. The Morgan fingerprint density at radius 1 is 1.21 bits per heavy atom. The number of non-ortho nitro benzene ring substituents is 1. The number of ketones is 1. The number of thioether (sulfide) groups is 1. The fraction of sp³-hybridized carbons (Fsp3) is 0.400. The van der Waals surface area contributed by atoms with Gasteiger partial charge in [0.1, 0.15) is 12.4 Å². The number of ether oxygens (including phenoxy) is 1. The molecule has 2 aromatic rings. The molecule has 1 saturated carbocycles. The van der Waals surface area contributed by atoms with Crippen molar-refractivity contribution in [2.75, 3.05) is 11.9 Å². The summed E-state index contributed by atoms with van der Waals surface area (Å²) in [5, 5.41) is 36.3. The summed E-state index contributed by atoms with van der Waals surface area (Å²) < 4.78 is 5.59. The highest BCUT2D eigenvalue weighted by molar-refractivity contribution is 8.03. The van der Waals surface area contributed by atoms with Gasteiger partial charge in [0, 0.05) is 35.5 Å². The van der Waals surface area contributed by atoms with Crippen molar-refractivity contribution in [3.05, 3.63) is 80.3 Å². The van der Waals surface area contributed by atoms with Gasteiger partial charge in [0.25, 0.3) is 5.69 Å². The maximum atomic E-state index is 13.4. The average Bonchev–Trinajstić information content (AvgIpc) is 3.53. The quantitative estimate of drug-likeness (QED) is 0.176. The Labute approximate surface area is 251 Å². The van der Waals surface area contributed by atoms with Crippen molar-refractivity contribution in [3.63, 3.8) is 0 Å². The predicted molar refractivity (Wildman–Crippen MR) is 156 cm³/mol. The molecule has 1 amide bonds. The van der Waals surface area contributed by atoms with E-state index in [1.807, 2.05) is 6.92 Å². The van der Waals surface area contributed by atoms with E-state index in [0.717, 1.165) is 0 Å². The lowest BCUT2D eigenvalue weighted by Crippen LogP contribution is -2.53. The molecule has 1 saturated heterocycles. The van der Waals surface area contributed by atoms with Crippen LogP contribution in [0, 0.1) is 33.8 Å². The molecule has 0 spiro atoms. The lowest BCUT2D eigenvalue weighted by molar-refractivity contribution is -0.384. The highest BCUT2D eigenvalue weighted by Gasteiger charge is 2.62. The van der Waals surface area contributed by atoms with Gasteiger partial charge < -0.3 is 25.6 Å². The van der Waals surface area contributed by atoms with E-state index < -0.39 is 40.8 Å². The number of benzene rings is 2. The van der Waals surface area contributed by atoms with Crippen LogP contribution in [0.2, 0.25) is 0 Å². The van der Waals surface area contributed by atoms with E-state index in [9.17, 15) is 39.5 Å². The Kier molecular flexibility index (Phi) is 8.67. The first-order valence-electron chi connectivity index (χ1n) is 13.9. The summed E-state index contributed by atoms with van der Waals surface area (Å²) in [4.78, 5) is 61.9. The summed E-state index contributed by atoms with van der Waals surface area (Å²) >= 11 is 1.43. The summed E-state index contributed by atoms with van der Waals surface area (Å²) in [6.45, 7) is 3.83. The fourth-order valence-electron chi connectivity index (χ4n) is 6.21. The van der Waals surface area contributed by atoms with Gasteiger partial charge in [-0.2, -0.15) is 0 Å². The van der Waals surface area contributed by atoms with Crippen LogP contribution in [0.3, 0.4) is 0 Å².